The Morgan fingerprint density at radius 2 is 2.18 bits per heavy atom. The number of para-hydroxylation sites is 1. The molecule has 0 aliphatic rings. The van der Waals surface area contributed by atoms with Gasteiger partial charge in [0.05, 0.1) is 10.7 Å². The van der Waals surface area contributed by atoms with Gasteiger partial charge in [-0.1, -0.05) is 31.5 Å². The van der Waals surface area contributed by atoms with Crippen LogP contribution in [-0.2, 0) is 6.54 Å². The van der Waals surface area contributed by atoms with Gasteiger partial charge in [0.1, 0.15) is 0 Å². The molecular formula is C11H14ClN5. The molecule has 2 rings (SSSR count). The second-order valence-corrected chi connectivity index (χ2v) is 4.69. The number of nitrogen functional groups attached to an aromatic ring is 1. The molecule has 0 fully saturated rings. The number of hydrogen-bond acceptors (Lipinski definition) is 4. The molecular weight excluding hydrogens is 238 g/mol. The van der Waals surface area contributed by atoms with Crippen LogP contribution < -0.4 is 5.73 Å². The second kappa shape index (κ2) is 4.71. The Bertz CT molecular complexity index is 520. The fourth-order valence-electron chi connectivity index (χ4n) is 1.60. The Morgan fingerprint density at radius 1 is 1.41 bits per heavy atom. The molecule has 5 nitrogen and oxygen atoms in total. The molecule has 2 N–H and O–H groups in total. The zero-order valence-corrected chi connectivity index (χ0v) is 10.5. The number of aromatic nitrogens is 4. The van der Waals surface area contributed by atoms with E-state index in [4.69, 9.17) is 17.3 Å². The summed E-state index contributed by atoms with van der Waals surface area (Å²) in [7, 11) is 0. The third-order valence-corrected chi connectivity index (χ3v) is 2.69. The summed E-state index contributed by atoms with van der Waals surface area (Å²) in [5, 5.41) is 12.2. The lowest BCUT2D eigenvalue weighted by Gasteiger charge is -2.09. The molecule has 1 aromatic carbocycles. The summed E-state index contributed by atoms with van der Waals surface area (Å²) in [4.78, 5) is 0. The van der Waals surface area contributed by atoms with Crippen molar-refractivity contribution in [2.45, 2.75) is 20.4 Å². The normalized spacial score (nSPS) is 11.1. The monoisotopic (exact) mass is 251 g/mol. The van der Waals surface area contributed by atoms with E-state index in [0.29, 0.717) is 22.5 Å². The Hall–Kier alpha value is -1.62. The number of hydrogen-bond donors (Lipinski definition) is 1. The maximum atomic E-state index is 5.99. The number of nitrogens with zero attached hydrogens (tertiary/aromatic N) is 4. The van der Waals surface area contributed by atoms with Gasteiger partial charge in [-0.15, -0.1) is 5.10 Å². The molecule has 0 bridgehead atoms. The van der Waals surface area contributed by atoms with Gasteiger partial charge < -0.3 is 5.73 Å². The van der Waals surface area contributed by atoms with Crippen LogP contribution in [0.15, 0.2) is 18.2 Å². The molecule has 17 heavy (non-hydrogen) atoms. The molecule has 90 valence electrons. The quantitative estimate of drug-likeness (QED) is 0.850. The first-order valence-electron chi connectivity index (χ1n) is 5.40. The summed E-state index contributed by atoms with van der Waals surface area (Å²) in [5.74, 6) is 1.11. The Labute approximate surface area is 105 Å². The number of anilines is 1. The topological polar surface area (TPSA) is 69.6 Å². The fourth-order valence-corrected chi connectivity index (χ4v) is 1.77. The van der Waals surface area contributed by atoms with E-state index in [0.717, 1.165) is 12.1 Å². The molecule has 1 aromatic heterocycles. The molecule has 0 atom stereocenters. The van der Waals surface area contributed by atoms with Gasteiger partial charge in [0.15, 0.2) is 5.82 Å². The van der Waals surface area contributed by atoms with E-state index in [-0.39, 0.29) is 0 Å². The van der Waals surface area contributed by atoms with Crippen molar-refractivity contribution in [1.82, 2.24) is 20.2 Å². The van der Waals surface area contributed by atoms with E-state index in [1.165, 1.54) is 0 Å². The maximum Gasteiger partial charge on any atom is 0.184 e. The predicted molar refractivity (Wildman–Crippen MR) is 67.5 cm³/mol. The van der Waals surface area contributed by atoms with E-state index in [1.807, 2.05) is 12.1 Å². The Balaban J connectivity index is 2.46. The minimum absolute atomic E-state index is 0.456. The highest BCUT2D eigenvalue weighted by molar-refractivity contribution is 6.33. The first-order chi connectivity index (χ1) is 8.09. The van der Waals surface area contributed by atoms with Crippen LogP contribution in [0.1, 0.15) is 13.8 Å². The van der Waals surface area contributed by atoms with Crippen LogP contribution >= 0.6 is 11.6 Å². The molecule has 0 radical (unpaired) electrons. The molecule has 0 saturated heterocycles. The zero-order valence-electron chi connectivity index (χ0n) is 9.76. The summed E-state index contributed by atoms with van der Waals surface area (Å²) in [6.07, 6.45) is 0. The first kappa shape index (κ1) is 11.9. The summed E-state index contributed by atoms with van der Waals surface area (Å²) >= 11 is 5.99. The number of benzene rings is 1. The average Bonchev–Trinajstić information content (AvgIpc) is 2.69. The van der Waals surface area contributed by atoms with Crippen molar-refractivity contribution in [3.63, 3.8) is 0 Å². The number of rotatable bonds is 3. The predicted octanol–water partition coefficient (Wildman–Crippen LogP) is 2.23. The lowest BCUT2D eigenvalue weighted by atomic mass is 10.1. The molecule has 0 aliphatic carbocycles. The number of halogens is 1. The van der Waals surface area contributed by atoms with Crippen LogP contribution in [0.5, 0.6) is 0 Å². The van der Waals surface area contributed by atoms with E-state index in [1.54, 1.807) is 10.7 Å². The highest BCUT2D eigenvalue weighted by Crippen LogP contribution is 2.29. The van der Waals surface area contributed by atoms with Crippen molar-refractivity contribution in [3.8, 4) is 11.4 Å². The molecule has 1 heterocycles. The van der Waals surface area contributed by atoms with Crippen molar-refractivity contribution < 1.29 is 0 Å². The minimum atomic E-state index is 0.456. The molecule has 0 spiro atoms. The SMILES string of the molecule is CC(C)Cn1nnnc1-c1cccc(Cl)c1N. The van der Waals surface area contributed by atoms with Crippen molar-refractivity contribution in [2.75, 3.05) is 5.73 Å². The van der Waals surface area contributed by atoms with Crippen molar-refractivity contribution in [3.05, 3.63) is 23.2 Å². The molecule has 0 amide bonds. The average molecular weight is 252 g/mol. The largest absolute Gasteiger partial charge is 0.397 e. The van der Waals surface area contributed by atoms with Gasteiger partial charge in [0, 0.05) is 12.1 Å². The van der Waals surface area contributed by atoms with E-state index in [2.05, 4.69) is 29.4 Å². The molecule has 0 aliphatic heterocycles. The number of nitrogens with two attached hydrogens (primary N) is 1. The van der Waals surface area contributed by atoms with Crippen LogP contribution in [0.3, 0.4) is 0 Å². The summed E-state index contributed by atoms with van der Waals surface area (Å²) in [6, 6.07) is 5.45. The van der Waals surface area contributed by atoms with Gasteiger partial charge in [-0.05, 0) is 28.5 Å². The number of tetrazole rings is 1. The summed E-state index contributed by atoms with van der Waals surface area (Å²) < 4.78 is 1.74. The van der Waals surface area contributed by atoms with E-state index < -0.39 is 0 Å². The van der Waals surface area contributed by atoms with Crippen LogP contribution in [0.2, 0.25) is 5.02 Å². The highest BCUT2D eigenvalue weighted by Gasteiger charge is 2.14. The van der Waals surface area contributed by atoms with Gasteiger partial charge in [0.2, 0.25) is 0 Å². The van der Waals surface area contributed by atoms with Crippen molar-refractivity contribution in [1.29, 1.82) is 0 Å². The van der Waals surface area contributed by atoms with Gasteiger partial charge in [-0.2, -0.15) is 0 Å². The summed E-state index contributed by atoms with van der Waals surface area (Å²) in [6.45, 7) is 4.95. The highest BCUT2D eigenvalue weighted by atomic mass is 35.5. The van der Waals surface area contributed by atoms with Gasteiger partial charge in [0.25, 0.3) is 0 Å². The first-order valence-corrected chi connectivity index (χ1v) is 5.78. The Morgan fingerprint density at radius 3 is 2.88 bits per heavy atom. The fraction of sp³-hybridized carbons (Fsp3) is 0.364. The van der Waals surface area contributed by atoms with Crippen LogP contribution in [0.25, 0.3) is 11.4 Å². The van der Waals surface area contributed by atoms with Gasteiger partial charge in [-0.3, -0.25) is 0 Å². The van der Waals surface area contributed by atoms with E-state index in [9.17, 15) is 0 Å². The maximum absolute atomic E-state index is 5.99. The molecule has 6 heteroatoms. The lowest BCUT2D eigenvalue weighted by Crippen LogP contribution is -2.08. The van der Waals surface area contributed by atoms with Crippen molar-refractivity contribution in [2.24, 2.45) is 5.92 Å². The van der Waals surface area contributed by atoms with Gasteiger partial charge >= 0.3 is 0 Å². The minimum Gasteiger partial charge on any atom is -0.397 e. The van der Waals surface area contributed by atoms with Crippen LogP contribution in [0.4, 0.5) is 5.69 Å². The molecule has 0 saturated carbocycles. The third kappa shape index (κ3) is 2.39. The standard InChI is InChI=1S/C11H14ClN5/c1-7(2)6-17-11(14-15-16-17)8-4-3-5-9(12)10(8)13/h3-5,7H,6,13H2,1-2H3. The smallest absolute Gasteiger partial charge is 0.184 e. The van der Waals surface area contributed by atoms with Crippen LogP contribution in [-0.4, -0.2) is 20.2 Å². The molecule has 0 unspecified atom stereocenters. The zero-order chi connectivity index (χ0) is 12.4. The molecule has 2 aromatic rings. The van der Waals surface area contributed by atoms with Crippen LogP contribution in [0, 0.1) is 5.92 Å². The van der Waals surface area contributed by atoms with Crippen molar-refractivity contribution >= 4 is 17.3 Å². The second-order valence-electron chi connectivity index (χ2n) is 4.28. The van der Waals surface area contributed by atoms with Gasteiger partial charge in [-0.25, -0.2) is 4.68 Å². The third-order valence-electron chi connectivity index (χ3n) is 2.36. The van der Waals surface area contributed by atoms with E-state index >= 15 is 0 Å². The summed E-state index contributed by atoms with van der Waals surface area (Å²) in [5.41, 5.74) is 7.21. The Kier molecular flexibility index (Phi) is 3.28. The lowest BCUT2D eigenvalue weighted by molar-refractivity contribution is 0.475.